The van der Waals surface area contributed by atoms with E-state index >= 15 is 0 Å². The highest BCUT2D eigenvalue weighted by Gasteiger charge is 2.43. The Labute approximate surface area is 172 Å². The van der Waals surface area contributed by atoms with Crippen molar-refractivity contribution in [3.63, 3.8) is 0 Å². The minimum atomic E-state index is -4.54. The van der Waals surface area contributed by atoms with E-state index in [0.717, 1.165) is 0 Å². The van der Waals surface area contributed by atoms with E-state index in [1.807, 2.05) is 9.80 Å². The van der Waals surface area contributed by atoms with Crippen LogP contribution in [0, 0.1) is 5.92 Å². The van der Waals surface area contributed by atoms with Crippen LogP contribution in [-0.2, 0) is 9.47 Å². The Morgan fingerprint density at radius 2 is 1.60 bits per heavy atom. The zero-order valence-electron chi connectivity index (χ0n) is 16.7. The summed E-state index contributed by atoms with van der Waals surface area (Å²) in [5.41, 5.74) is 5.23. The lowest BCUT2D eigenvalue weighted by Gasteiger charge is -2.32. The van der Waals surface area contributed by atoms with Crippen LogP contribution in [0.5, 0.6) is 0 Å². The topological polar surface area (TPSA) is 89.1 Å². The van der Waals surface area contributed by atoms with Gasteiger partial charge in [0.1, 0.15) is 12.0 Å². The number of alkyl halides is 3. The first-order valence-electron chi connectivity index (χ1n) is 9.99. The van der Waals surface area contributed by atoms with E-state index in [0.29, 0.717) is 64.4 Å². The number of dihydropyridines is 1. The van der Waals surface area contributed by atoms with E-state index < -0.39 is 23.8 Å². The number of anilines is 2. The third-order valence-corrected chi connectivity index (χ3v) is 5.54. The maximum Gasteiger partial charge on any atom is 0.413 e. The number of hydrogen-bond acceptors (Lipinski definition) is 8. The standard InChI is InChI=1S/C19H25F3N6O2/c1-12-16(19(20,21)22)13(11-24-17(12)23)14-10-15(27-2-6-29-7-3-27)26-18(25-14)28-4-8-30-9-5-28/h10-12,17H,2-9,23H2,1H3. The maximum atomic E-state index is 13.9. The van der Waals surface area contributed by atoms with Gasteiger partial charge in [-0.2, -0.15) is 18.2 Å². The second kappa shape index (κ2) is 8.48. The number of ether oxygens (including phenoxy) is 2. The second-order valence-electron chi connectivity index (χ2n) is 7.49. The molecular weight excluding hydrogens is 401 g/mol. The van der Waals surface area contributed by atoms with Crippen molar-refractivity contribution >= 4 is 23.6 Å². The summed E-state index contributed by atoms with van der Waals surface area (Å²) in [5, 5.41) is 0. The van der Waals surface area contributed by atoms with E-state index in [-0.39, 0.29) is 11.3 Å². The number of allylic oxidation sites excluding steroid dienone is 1. The summed E-state index contributed by atoms with van der Waals surface area (Å²) < 4.78 is 52.6. The Bertz CT molecular complexity index is 796. The molecule has 11 heteroatoms. The minimum absolute atomic E-state index is 0.0527. The predicted molar refractivity (Wildman–Crippen MR) is 107 cm³/mol. The molecule has 0 amide bonds. The van der Waals surface area contributed by atoms with Crippen molar-refractivity contribution in [2.24, 2.45) is 16.6 Å². The number of halogens is 3. The zero-order valence-corrected chi connectivity index (χ0v) is 16.7. The normalized spacial score (nSPS) is 25.8. The molecule has 3 aliphatic rings. The van der Waals surface area contributed by atoms with Gasteiger partial charge in [0.2, 0.25) is 5.95 Å². The van der Waals surface area contributed by atoms with Gasteiger partial charge in [0.05, 0.1) is 37.7 Å². The number of aromatic nitrogens is 2. The molecule has 2 atom stereocenters. The van der Waals surface area contributed by atoms with Gasteiger partial charge in [-0.15, -0.1) is 0 Å². The van der Waals surface area contributed by atoms with Crippen molar-refractivity contribution in [1.29, 1.82) is 0 Å². The van der Waals surface area contributed by atoms with Crippen LogP contribution >= 0.6 is 0 Å². The summed E-state index contributed by atoms with van der Waals surface area (Å²) in [7, 11) is 0. The maximum absolute atomic E-state index is 13.9. The molecule has 164 valence electrons. The summed E-state index contributed by atoms with van der Waals surface area (Å²) in [6, 6.07) is 1.60. The van der Waals surface area contributed by atoms with Crippen molar-refractivity contribution in [3.8, 4) is 0 Å². The molecule has 3 aliphatic heterocycles. The third kappa shape index (κ3) is 4.28. The fraction of sp³-hybridized carbons (Fsp3) is 0.632. The van der Waals surface area contributed by atoms with Crippen LogP contribution in [0.3, 0.4) is 0 Å². The Balaban J connectivity index is 1.83. The Morgan fingerprint density at radius 1 is 1.00 bits per heavy atom. The number of hydrogen-bond donors (Lipinski definition) is 1. The van der Waals surface area contributed by atoms with Crippen molar-refractivity contribution in [1.82, 2.24) is 9.97 Å². The van der Waals surface area contributed by atoms with Crippen LogP contribution in [0.4, 0.5) is 24.9 Å². The number of morpholine rings is 2. The molecule has 1 aromatic rings. The van der Waals surface area contributed by atoms with Gasteiger partial charge in [-0.1, -0.05) is 6.92 Å². The third-order valence-electron chi connectivity index (χ3n) is 5.54. The molecule has 30 heavy (non-hydrogen) atoms. The zero-order chi connectivity index (χ0) is 21.3. The SMILES string of the molecule is CC1C(C(F)(F)F)=C(c2cc(N3CCOCC3)nc(N3CCOCC3)n2)C=NC1N. The second-order valence-corrected chi connectivity index (χ2v) is 7.49. The van der Waals surface area contributed by atoms with Crippen molar-refractivity contribution in [2.75, 3.05) is 62.4 Å². The summed E-state index contributed by atoms with van der Waals surface area (Å²) >= 11 is 0. The minimum Gasteiger partial charge on any atom is -0.378 e. The number of aliphatic imine (C=N–C) groups is 1. The summed E-state index contributed by atoms with van der Waals surface area (Å²) in [6.07, 6.45) is -4.28. The largest absolute Gasteiger partial charge is 0.413 e. The fourth-order valence-electron chi connectivity index (χ4n) is 3.81. The summed E-state index contributed by atoms with van der Waals surface area (Å²) in [6.45, 7) is 5.93. The molecule has 0 spiro atoms. The predicted octanol–water partition coefficient (Wildman–Crippen LogP) is 1.47. The molecule has 2 N–H and O–H groups in total. The molecule has 0 aromatic carbocycles. The lowest BCUT2D eigenvalue weighted by Crippen LogP contribution is -2.40. The van der Waals surface area contributed by atoms with E-state index in [2.05, 4.69) is 15.0 Å². The van der Waals surface area contributed by atoms with E-state index in [9.17, 15) is 13.2 Å². The lowest BCUT2D eigenvalue weighted by atomic mass is 9.89. The van der Waals surface area contributed by atoms with Crippen molar-refractivity contribution < 1.29 is 22.6 Å². The molecule has 4 rings (SSSR count). The highest BCUT2D eigenvalue weighted by molar-refractivity contribution is 6.11. The molecule has 2 unspecified atom stereocenters. The van der Waals surface area contributed by atoms with E-state index in [1.54, 1.807) is 6.07 Å². The Morgan fingerprint density at radius 3 is 2.20 bits per heavy atom. The quantitative estimate of drug-likeness (QED) is 0.783. The van der Waals surface area contributed by atoms with Crippen LogP contribution in [0.15, 0.2) is 16.6 Å². The van der Waals surface area contributed by atoms with Gasteiger partial charge in [-0.25, -0.2) is 4.98 Å². The fourth-order valence-corrected chi connectivity index (χ4v) is 3.81. The van der Waals surface area contributed by atoms with Gasteiger partial charge in [0.15, 0.2) is 0 Å². The van der Waals surface area contributed by atoms with Crippen molar-refractivity contribution in [3.05, 3.63) is 17.3 Å². The molecule has 0 aliphatic carbocycles. The Hall–Kier alpha value is -2.24. The van der Waals surface area contributed by atoms with Gasteiger partial charge in [-0.3, -0.25) is 4.99 Å². The molecule has 2 fully saturated rings. The van der Waals surface area contributed by atoms with Gasteiger partial charge >= 0.3 is 6.18 Å². The first-order valence-corrected chi connectivity index (χ1v) is 9.99. The first kappa shape index (κ1) is 21.0. The number of nitrogens with two attached hydrogens (primary N) is 1. The van der Waals surface area contributed by atoms with Crippen LogP contribution in [0.25, 0.3) is 5.57 Å². The van der Waals surface area contributed by atoms with E-state index in [4.69, 9.17) is 15.2 Å². The average molecular weight is 426 g/mol. The van der Waals surface area contributed by atoms with Gasteiger partial charge in [-0.05, 0) is 0 Å². The monoisotopic (exact) mass is 426 g/mol. The molecular formula is C19H25F3N6O2. The van der Waals surface area contributed by atoms with Crippen molar-refractivity contribution in [2.45, 2.75) is 19.3 Å². The van der Waals surface area contributed by atoms with Gasteiger partial charge in [0, 0.05) is 50.0 Å². The molecule has 1 aromatic heterocycles. The number of nitrogens with zero attached hydrogens (tertiary/aromatic N) is 5. The van der Waals surface area contributed by atoms with Crippen LogP contribution in [-0.4, -0.2) is 81.1 Å². The molecule has 2 saturated heterocycles. The highest BCUT2D eigenvalue weighted by atomic mass is 19.4. The number of rotatable bonds is 3. The summed E-state index contributed by atoms with van der Waals surface area (Å²) in [4.78, 5) is 17.2. The molecule has 0 bridgehead atoms. The first-order chi connectivity index (χ1) is 14.3. The molecule has 0 saturated carbocycles. The highest BCUT2D eigenvalue weighted by Crippen LogP contribution is 2.40. The van der Waals surface area contributed by atoms with Crippen LogP contribution in [0.2, 0.25) is 0 Å². The Kier molecular flexibility index (Phi) is 5.94. The van der Waals surface area contributed by atoms with Gasteiger partial charge < -0.3 is 25.0 Å². The lowest BCUT2D eigenvalue weighted by molar-refractivity contribution is -0.0985. The smallest absolute Gasteiger partial charge is 0.378 e. The average Bonchev–Trinajstić information content (AvgIpc) is 2.75. The van der Waals surface area contributed by atoms with Crippen LogP contribution < -0.4 is 15.5 Å². The van der Waals surface area contributed by atoms with Gasteiger partial charge in [0.25, 0.3) is 0 Å². The van der Waals surface area contributed by atoms with Crippen LogP contribution in [0.1, 0.15) is 12.6 Å². The molecule has 8 nitrogen and oxygen atoms in total. The van der Waals surface area contributed by atoms with E-state index in [1.165, 1.54) is 13.1 Å². The molecule has 4 heterocycles. The molecule has 0 radical (unpaired) electrons. The summed E-state index contributed by atoms with van der Waals surface area (Å²) in [5.74, 6) is -0.00405.